The van der Waals surface area contributed by atoms with Crippen molar-refractivity contribution in [1.82, 2.24) is 35.1 Å². The van der Waals surface area contributed by atoms with Crippen molar-refractivity contribution in [3.63, 3.8) is 0 Å². The summed E-state index contributed by atoms with van der Waals surface area (Å²) in [6.45, 7) is 6.45. The summed E-state index contributed by atoms with van der Waals surface area (Å²) in [6.07, 6.45) is 6.76. The Morgan fingerprint density at radius 3 is 2.56 bits per heavy atom. The number of thiocarbonyl (C=S) groups is 1. The van der Waals surface area contributed by atoms with E-state index < -0.39 is 0 Å². The van der Waals surface area contributed by atoms with Gasteiger partial charge in [-0.3, -0.25) is 9.36 Å². The first-order chi connectivity index (χ1) is 19.0. The molecule has 0 bridgehead atoms. The zero-order chi connectivity index (χ0) is 27.2. The first kappa shape index (κ1) is 26.9. The largest absolute Gasteiger partial charge is 0.366 e. The Labute approximate surface area is 234 Å². The van der Waals surface area contributed by atoms with Gasteiger partial charge < -0.3 is 4.90 Å². The van der Waals surface area contributed by atoms with Gasteiger partial charge in [0.2, 0.25) is 5.82 Å². The van der Waals surface area contributed by atoms with Gasteiger partial charge in [0.05, 0.1) is 11.5 Å². The molecule has 0 radical (unpaired) electrons. The number of piperidine rings is 1. The molecule has 1 N–H and O–H groups in total. The average Bonchev–Trinajstić information content (AvgIpc) is 3.52. The van der Waals surface area contributed by atoms with Crippen molar-refractivity contribution >= 4 is 17.2 Å². The van der Waals surface area contributed by atoms with E-state index in [0.29, 0.717) is 24.4 Å². The highest BCUT2D eigenvalue weighted by atomic mass is 32.1. The van der Waals surface area contributed by atoms with E-state index in [1.54, 1.807) is 0 Å². The minimum absolute atomic E-state index is 0.00112. The van der Waals surface area contributed by atoms with E-state index in [9.17, 15) is 4.79 Å². The van der Waals surface area contributed by atoms with Gasteiger partial charge in [0, 0.05) is 42.8 Å². The number of hydrogen-bond donors (Lipinski definition) is 1. The Hall–Kier alpha value is -3.72. The quantitative estimate of drug-likeness (QED) is 0.293. The van der Waals surface area contributed by atoms with E-state index in [4.69, 9.17) is 17.2 Å². The number of aromatic nitrogens is 6. The normalized spacial score (nSPS) is 13.5. The third-order valence-corrected chi connectivity index (χ3v) is 7.84. The van der Waals surface area contributed by atoms with Gasteiger partial charge in [-0.25, -0.2) is 4.98 Å². The predicted molar refractivity (Wildman–Crippen MR) is 158 cm³/mol. The number of aryl methyl sites for hydroxylation is 2. The second-order valence-corrected chi connectivity index (χ2v) is 10.7. The van der Waals surface area contributed by atoms with Crippen LogP contribution in [-0.4, -0.2) is 53.2 Å². The van der Waals surface area contributed by atoms with Crippen LogP contribution in [0.4, 0.5) is 0 Å². The standard InChI is InChI=1S/C30H35N7OS/c1-3-4-13-27-31-21(2)25(19-28(39)36-16-9-6-10-17-36)30(38)37(27)20-22-14-15-24(23-11-7-5-8-12-23)26(18-22)29-32-34-35-33-29/h5,7-8,11-12,14-15,18H,3-4,6,9-10,13,16-17,19-20H2,1-2H3,(H,32,33,34,35). The number of nitrogens with one attached hydrogen (secondary N) is 1. The summed E-state index contributed by atoms with van der Waals surface area (Å²) in [5, 5.41) is 14.8. The Morgan fingerprint density at radius 1 is 1.05 bits per heavy atom. The fraction of sp³-hybridized carbons (Fsp3) is 0.400. The summed E-state index contributed by atoms with van der Waals surface area (Å²) < 4.78 is 1.84. The molecule has 1 fully saturated rings. The van der Waals surface area contributed by atoms with Crippen LogP contribution in [0.2, 0.25) is 0 Å². The highest BCUT2D eigenvalue weighted by Gasteiger charge is 2.20. The Kier molecular flexibility index (Phi) is 8.56. The lowest BCUT2D eigenvalue weighted by atomic mass is 9.97. The van der Waals surface area contributed by atoms with Crippen molar-refractivity contribution in [2.75, 3.05) is 13.1 Å². The minimum atomic E-state index is 0.00112. The van der Waals surface area contributed by atoms with Crippen LogP contribution in [0.5, 0.6) is 0 Å². The third-order valence-electron chi connectivity index (χ3n) is 7.43. The van der Waals surface area contributed by atoms with E-state index >= 15 is 0 Å². The summed E-state index contributed by atoms with van der Waals surface area (Å²) >= 11 is 5.80. The topological polar surface area (TPSA) is 92.6 Å². The van der Waals surface area contributed by atoms with Crippen molar-refractivity contribution in [3.8, 4) is 22.5 Å². The highest BCUT2D eigenvalue weighted by Crippen LogP contribution is 2.31. The molecule has 2 aromatic carbocycles. The smallest absolute Gasteiger partial charge is 0.257 e. The molecule has 0 amide bonds. The molecule has 0 spiro atoms. The molecule has 2 aromatic heterocycles. The van der Waals surface area contributed by atoms with Crippen molar-refractivity contribution in [3.05, 3.63) is 81.5 Å². The molecule has 1 aliphatic rings. The van der Waals surface area contributed by atoms with Crippen LogP contribution in [0.15, 0.2) is 53.3 Å². The van der Waals surface area contributed by atoms with Gasteiger partial charge in [0.1, 0.15) is 5.82 Å². The first-order valence-corrected chi connectivity index (χ1v) is 14.2. The average molecular weight is 542 g/mol. The predicted octanol–water partition coefficient (Wildman–Crippen LogP) is 5.15. The molecular formula is C30H35N7OS. The molecule has 8 nitrogen and oxygen atoms in total. The lowest BCUT2D eigenvalue weighted by molar-refractivity contribution is 0.343. The molecule has 39 heavy (non-hydrogen) atoms. The molecule has 4 aromatic rings. The van der Waals surface area contributed by atoms with Crippen molar-refractivity contribution < 1.29 is 0 Å². The van der Waals surface area contributed by atoms with E-state index in [-0.39, 0.29) is 5.56 Å². The lowest BCUT2D eigenvalue weighted by Crippen LogP contribution is -2.38. The number of tetrazole rings is 1. The number of benzene rings is 2. The molecule has 0 unspecified atom stereocenters. The van der Waals surface area contributed by atoms with Gasteiger partial charge in [-0.2, -0.15) is 5.21 Å². The Morgan fingerprint density at radius 2 is 1.85 bits per heavy atom. The number of H-pyrrole nitrogens is 1. The second kappa shape index (κ2) is 12.4. The maximum absolute atomic E-state index is 14.0. The number of aromatic amines is 1. The molecule has 1 saturated heterocycles. The number of hydrogen-bond acceptors (Lipinski definition) is 6. The van der Waals surface area contributed by atoms with Crippen LogP contribution >= 0.6 is 12.2 Å². The monoisotopic (exact) mass is 541 g/mol. The van der Waals surface area contributed by atoms with E-state index in [0.717, 1.165) is 84.0 Å². The third kappa shape index (κ3) is 6.14. The van der Waals surface area contributed by atoms with Gasteiger partial charge in [-0.15, -0.1) is 10.2 Å². The van der Waals surface area contributed by atoms with Gasteiger partial charge in [0.15, 0.2) is 0 Å². The van der Waals surface area contributed by atoms with Crippen LogP contribution in [0.25, 0.3) is 22.5 Å². The van der Waals surface area contributed by atoms with E-state index in [1.165, 1.54) is 6.42 Å². The van der Waals surface area contributed by atoms with E-state index in [2.05, 4.69) is 62.8 Å². The molecular weight excluding hydrogens is 506 g/mol. The summed E-state index contributed by atoms with van der Waals surface area (Å²) in [4.78, 5) is 22.1. The summed E-state index contributed by atoms with van der Waals surface area (Å²) in [7, 11) is 0. The van der Waals surface area contributed by atoms with Crippen LogP contribution in [0.3, 0.4) is 0 Å². The van der Waals surface area contributed by atoms with Crippen LogP contribution in [0.1, 0.15) is 61.7 Å². The molecule has 3 heterocycles. The first-order valence-electron chi connectivity index (χ1n) is 13.8. The van der Waals surface area contributed by atoms with Crippen molar-refractivity contribution in [1.29, 1.82) is 0 Å². The number of likely N-dealkylation sites (tertiary alicyclic amines) is 1. The SMILES string of the molecule is CCCCc1nc(C)c(CC(=S)N2CCCCC2)c(=O)n1Cc1ccc(-c2ccccc2)c(-c2nn[nH]n2)c1. The molecule has 1 aliphatic heterocycles. The Bertz CT molecular complexity index is 1480. The molecule has 0 atom stereocenters. The van der Waals surface area contributed by atoms with Crippen LogP contribution in [-0.2, 0) is 19.4 Å². The minimum Gasteiger partial charge on any atom is -0.366 e. The molecule has 202 valence electrons. The maximum Gasteiger partial charge on any atom is 0.257 e. The van der Waals surface area contributed by atoms with Gasteiger partial charge in [-0.1, -0.05) is 68.0 Å². The van der Waals surface area contributed by atoms with Gasteiger partial charge in [-0.05, 0) is 60.6 Å². The number of nitrogens with zero attached hydrogens (tertiary/aromatic N) is 6. The van der Waals surface area contributed by atoms with Gasteiger partial charge in [0.25, 0.3) is 5.56 Å². The zero-order valence-corrected chi connectivity index (χ0v) is 23.5. The zero-order valence-electron chi connectivity index (χ0n) is 22.7. The maximum atomic E-state index is 14.0. The molecule has 0 saturated carbocycles. The summed E-state index contributed by atoms with van der Waals surface area (Å²) in [6, 6.07) is 16.3. The Balaban J connectivity index is 1.53. The number of unbranched alkanes of at least 4 members (excludes halogenated alkanes) is 1. The molecule has 5 rings (SSSR count). The van der Waals surface area contributed by atoms with Crippen LogP contribution < -0.4 is 5.56 Å². The van der Waals surface area contributed by atoms with Crippen LogP contribution in [0, 0.1) is 6.92 Å². The van der Waals surface area contributed by atoms with E-state index in [1.807, 2.05) is 29.7 Å². The van der Waals surface area contributed by atoms with Crippen molar-refractivity contribution in [2.24, 2.45) is 0 Å². The summed E-state index contributed by atoms with van der Waals surface area (Å²) in [5.41, 5.74) is 5.40. The highest BCUT2D eigenvalue weighted by molar-refractivity contribution is 7.80. The number of rotatable bonds is 9. The molecule has 9 heteroatoms. The fourth-order valence-corrected chi connectivity index (χ4v) is 5.58. The van der Waals surface area contributed by atoms with Gasteiger partial charge >= 0.3 is 0 Å². The lowest BCUT2D eigenvalue weighted by Gasteiger charge is -2.29. The second-order valence-electron chi connectivity index (χ2n) is 10.2. The summed E-state index contributed by atoms with van der Waals surface area (Å²) in [5.74, 6) is 1.34. The molecule has 0 aliphatic carbocycles. The fourth-order valence-electron chi connectivity index (χ4n) is 5.26. The van der Waals surface area contributed by atoms with Crippen molar-refractivity contribution in [2.45, 2.75) is 65.3 Å².